The number of carbonyl (C=O) groups excluding carboxylic acids is 1. The molecule has 5 aromatic rings. The molecular weight excluding hydrogens is 520 g/mol. The summed E-state index contributed by atoms with van der Waals surface area (Å²) in [6.45, 7) is 2.04. The van der Waals surface area contributed by atoms with Crippen LogP contribution < -0.4 is 17.0 Å². The van der Waals surface area contributed by atoms with Gasteiger partial charge in [0.1, 0.15) is 5.56 Å². The van der Waals surface area contributed by atoms with Crippen molar-refractivity contribution in [3.8, 4) is 5.69 Å². The third-order valence-electron chi connectivity index (χ3n) is 5.21. The lowest BCUT2D eigenvalue weighted by molar-refractivity contribution is 0.100. The van der Waals surface area contributed by atoms with Crippen molar-refractivity contribution in [1.82, 2.24) is 19.2 Å². The normalized spacial score (nSPS) is 10.8. The minimum Gasteiger partial charge on any atom is -0.381 e. The summed E-state index contributed by atoms with van der Waals surface area (Å²) in [5, 5.41) is 5.75. The third-order valence-corrected chi connectivity index (χ3v) is 6.41. The number of hydrogen-bond acceptors (Lipinski definition) is 5. The van der Waals surface area contributed by atoms with Gasteiger partial charge in [-0.2, -0.15) is 0 Å². The van der Waals surface area contributed by atoms with Crippen LogP contribution in [-0.2, 0) is 6.42 Å². The van der Waals surface area contributed by atoms with Crippen LogP contribution in [0.25, 0.3) is 22.1 Å². The number of anilines is 1. The molecule has 34 heavy (non-hydrogen) atoms. The van der Waals surface area contributed by atoms with Gasteiger partial charge in [0.15, 0.2) is 11.5 Å². The van der Waals surface area contributed by atoms with E-state index < -0.39 is 5.91 Å². The summed E-state index contributed by atoms with van der Waals surface area (Å²) < 4.78 is 4.07. The molecule has 2 aromatic carbocycles. The molecule has 0 atom stereocenters. The number of amides is 1. The number of nitrogens with two attached hydrogens (primary N) is 2. The van der Waals surface area contributed by atoms with Crippen LogP contribution in [0.15, 0.2) is 76.3 Å². The van der Waals surface area contributed by atoms with E-state index in [4.69, 9.17) is 23.1 Å². The van der Waals surface area contributed by atoms with Crippen LogP contribution in [0.5, 0.6) is 0 Å². The first kappa shape index (κ1) is 23.5. The van der Waals surface area contributed by atoms with E-state index in [0.29, 0.717) is 16.1 Å². The summed E-state index contributed by atoms with van der Waals surface area (Å²) in [5.41, 5.74) is 12.9. The highest BCUT2D eigenvalue weighted by Crippen LogP contribution is 2.31. The molecule has 5 rings (SSSR count). The van der Waals surface area contributed by atoms with Gasteiger partial charge in [-0.05, 0) is 46.6 Å². The number of fused-ring (bicyclic) bond motifs is 2. The standard InChI is InChI=1S/C17H13BrClNO.C7H7N5O/c1-2-14-16(18)12-9-6-10-13(19)15(12)17(21)20(14)11-7-4-3-5-8-11;8-5-4(6(9)13)7-10-2-1-3-12(7)11-5/h3-10H,2H2,1H3;1-3H,(H2,8,11)(H2,9,13). The quantitative estimate of drug-likeness (QED) is 0.352. The topological polar surface area (TPSA) is 121 Å². The number of nitrogens with zero attached hydrogens (tertiary/aromatic N) is 4. The Morgan fingerprint density at radius 2 is 1.85 bits per heavy atom. The summed E-state index contributed by atoms with van der Waals surface area (Å²) >= 11 is 9.90. The predicted molar refractivity (Wildman–Crippen MR) is 138 cm³/mol. The molecule has 0 aliphatic carbocycles. The number of primary amides is 1. The number of para-hydroxylation sites is 1. The molecule has 0 radical (unpaired) electrons. The van der Waals surface area contributed by atoms with E-state index in [1.165, 1.54) is 4.52 Å². The van der Waals surface area contributed by atoms with E-state index in [1.54, 1.807) is 29.1 Å². The SMILES string of the molecule is CCc1c(Br)c2cccc(Cl)c2c(=O)n1-c1ccccc1.NC(=O)c1c(N)nn2cccnc12. The van der Waals surface area contributed by atoms with Gasteiger partial charge in [0.05, 0.1) is 10.4 Å². The zero-order chi connectivity index (χ0) is 24.4. The first-order valence-electron chi connectivity index (χ1n) is 10.3. The molecule has 0 aliphatic rings. The second-order valence-corrected chi connectivity index (χ2v) is 8.47. The smallest absolute Gasteiger partial charge is 0.264 e. The summed E-state index contributed by atoms with van der Waals surface area (Å²) in [6, 6.07) is 16.8. The molecule has 1 amide bonds. The molecule has 172 valence electrons. The third kappa shape index (κ3) is 4.15. The molecule has 0 aliphatic heterocycles. The summed E-state index contributed by atoms with van der Waals surface area (Å²) in [4.78, 5) is 27.8. The molecule has 0 unspecified atom stereocenters. The summed E-state index contributed by atoms with van der Waals surface area (Å²) in [7, 11) is 0. The highest BCUT2D eigenvalue weighted by molar-refractivity contribution is 9.10. The number of halogens is 2. The van der Waals surface area contributed by atoms with Crippen LogP contribution in [0, 0.1) is 0 Å². The Morgan fingerprint density at radius 1 is 1.12 bits per heavy atom. The Bertz CT molecular complexity index is 1580. The van der Waals surface area contributed by atoms with Crippen LogP contribution in [0.2, 0.25) is 5.02 Å². The zero-order valence-electron chi connectivity index (χ0n) is 18.1. The van der Waals surface area contributed by atoms with E-state index >= 15 is 0 Å². The number of nitrogen functional groups attached to an aromatic ring is 1. The van der Waals surface area contributed by atoms with Crippen molar-refractivity contribution in [2.75, 3.05) is 5.73 Å². The van der Waals surface area contributed by atoms with Gasteiger partial charge in [-0.3, -0.25) is 14.2 Å². The van der Waals surface area contributed by atoms with Crippen LogP contribution in [-0.4, -0.2) is 25.1 Å². The minimum atomic E-state index is -0.619. The number of rotatable bonds is 3. The van der Waals surface area contributed by atoms with Crippen molar-refractivity contribution in [3.63, 3.8) is 0 Å². The van der Waals surface area contributed by atoms with Gasteiger partial charge in [-0.15, -0.1) is 5.10 Å². The highest BCUT2D eigenvalue weighted by Gasteiger charge is 2.17. The fourth-order valence-electron chi connectivity index (χ4n) is 3.72. The predicted octanol–water partition coefficient (Wildman–Crippen LogP) is 4.38. The first-order valence-corrected chi connectivity index (χ1v) is 11.5. The second-order valence-electron chi connectivity index (χ2n) is 7.27. The van der Waals surface area contributed by atoms with E-state index in [0.717, 1.165) is 27.7 Å². The molecule has 3 aromatic heterocycles. The van der Waals surface area contributed by atoms with Gasteiger partial charge in [-0.25, -0.2) is 9.50 Å². The van der Waals surface area contributed by atoms with E-state index in [9.17, 15) is 9.59 Å². The van der Waals surface area contributed by atoms with Crippen molar-refractivity contribution in [2.45, 2.75) is 13.3 Å². The average molecular weight is 540 g/mol. The first-order chi connectivity index (χ1) is 16.3. The molecule has 3 heterocycles. The van der Waals surface area contributed by atoms with E-state index in [1.807, 2.05) is 49.4 Å². The Kier molecular flexibility index (Phi) is 6.67. The second kappa shape index (κ2) is 9.66. The van der Waals surface area contributed by atoms with E-state index in [2.05, 4.69) is 26.0 Å². The van der Waals surface area contributed by atoms with Crippen molar-refractivity contribution in [3.05, 3.63) is 98.1 Å². The molecule has 10 heteroatoms. The lowest BCUT2D eigenvalue weighted by atomic mass is 10.1. The Morgan fingerprint density at radius 3 is 2.53 bits per heavy atom. The maximum absolute atomic E-state index is 12.9. The lowest BCUT2D eigenvalue weighted by Crippen LogP contribution is -2.23. The van der Waals surface area contributed by atoms with E-state index in [-0.39, 0.29) is 16.9 Å². The average Bonchev–Trinajstić information content (AvgIpc) is 3.18. The largest absolute Gasteiger partial charge is 0.381 e. The molecular formula is C24H20BrClN6O2. The van der Waals surface area contributed by atoms with Gasteiger partial charge >= 0.3 is 0 Å². The Labute approximate surface area is 207 Å². The number of aromatic nitrogens is 4. The Hall–Kier alpha value is -3.69. The molecule has 0 fully saturated rings. The fourth-order valence-corrected chi connectivity index (χ4v) is 4.76. The molecule has 0 spiro atoms. The minimum absolute atomic E-state index is 0.0816. The number of hydrogen-bond donors (Lipinski definition) is 2. The van der Waals surface area contributed by atoms with Gasteiger partial charge in [0.2, 0.25) is 0 Å². The molecule has 0 bridgehead atoms. The maximum Gasteiger partial charge on any atom is 0.264 e. The molecule has 0 saturated heterocycles. The van der Waals surface area contributed by atoms with Crippen LogP contribution >= 0.6 is 27.5 Å². The highest BCUT2D eigenvalue weighted by atomic mass is 79.9. The van der Waals surface area contributed by atoms with Crippen LogP contribution in [0.1, 0.15) is 23.0 Å². The van der Waals surface area contributed by atoms with Crippen LogP contribution in [0.4, 0.5) is 5.82 Å². The summed E-state index contributed by atoms with van der Waals surface area (Å²) in [6.07, 6.45) is 3.93. The van der Waals surface area contributed by atoms with Gasteiger partial charge in [0, 0.05) is 33.6 Å². The maximum atomic E-state index is 12.9. The monoisotopic (exact) mass is 538 g/mol. The summed E-state index contributed by atoms with van der Waals surface area (Å²) in [5.74, 6) is -0.516. The molecule has 0 saturated carbocycles. The number of benzene rings is 2. The fraction of sp³-hybridized carbons (Fsp3) is 0.0833. The Balaban J connectivity index is 0.000000180. The van der Waals surface area contributed by atoms with Gasteiger partial charge in [0.25, 0.3) is 11.5 Å². The van der Waals surface area contributed by atoms with Crippen molar-refractivity contribution >= 4 is 55.7 Å². The van der Waals surface area contributed by atoms with Gasteiger partial charge < -0.3 is 11.5 Å². The zero-order valence-corrected chi connectivity index (χ0v) is 20.4. The van der Waals surface area contributed by atoms with Crippen molar-refractivity contribution < 1.29 is 4.79 Å². The van der Waals surface area contributed by atoms with Gasteiger partial charge in [-0.1, -0.05) is 48.9 Å². The number of carbonyl (C=O) groups is 1. The van der Waals surface area contributed by atoms with Crippen molar-refractivity contribution in [1.29, 1.82) is 0 Å². The number of pyridine rings is 1. The molecule has 4 N–H and O–H groups in total. The lowest BCUT2D eigenvalue weighted by Gasteiger charge is -2.16. The molecule has 8 nitrogen and oxygen atoms in total. The van der Waals surface area contributed by atoms with Crippen molar-refractivity contribution in [2.24, 2.45) is 5.73 Å². The van der Waals surface area contributed by atoms with Crippen LogP contribution in [0.3, 0.4) is 0 Å².